The molecule has 0 aromatic heterocycles. The molecule has 3 aromatic carbocycles. The smallest absolute Gasteiger partial charge is 0.228 e. The van der Waals surface area contributed by atoms with Crippen molar-refractivity contribution in [2.45, 2.75) is 16.4 Å². The number of anilines is 1. The lowest BCUT2D eigenvalue weighted by Gasteiger charge is -2.28. The minimum absolute atomic E-state index is 0.123. The number of alkyl halides is 3. The molecule has 0 saturated heterocycles. The summed E-state index contributed by atoms with van der Waals surface area (Å²) in [6.07, 6.45) is -0.922. The van der Waals surface area contributed by atoms with E-state index in [2.05, 4.69) is 16.0 Å². The molecular formula is C21H17Cl4N3OS. The van der Waals surface area contributed by atoms with Crippen LogP contribution in [0.1, 0.15) is 5.56 Å². The van der Waals surface area contributed by atoms with Crippen LogP contribution in [0.5, 0.6) is 0 Å². The molecule has 0 aliphatic heterocycles. The highest BCUT2D eigenvalue weighted by molar-refractivity contribution is 7.80. The predicted molar refractivity (Wildman–Crippen MR) is 131 cm³/mol. The van der Waals surface area contributed by atoms with Crippen molar-refractivity contribution in [1.82, 2.24) is 10.6 Å². The number of halogens is 4. The van der Waals surface area contributed by atoms with Gasteiger partial charge in [-0.25, -0.2) is 0 Å². The van der Waals surface area contributed by atoms with Crippen molar-refractivity contribution in [1.29, 1.82) is 0 Å². The standard InChI is InChI=1S/C21H17Cl4N3OS/c22-15-8-10-16(11-9-15)26-20(30)28-19(21(23,24)25)27-18(29)12-14-6-3-5-13-4-1-2-7-17(13)14/h1-11,19H,12H2,(H,27,29)(H2,26,28,30). The summed E-state index contributed by atoms with van der Waals surface area (Å²) in [5.74, 6) is -0.315. The van der Waals surface area contributed by atoms with Gasteiger partial charge in [0.2, 0.25) is 9.70 Å². The number of carbonyl (C=O) groups is 1. The van der Waals surface area contributed by atoms with Crippen molar-refractivity contribution in [2.24, 2.45) is 0 Å². The van der Waals surface area contributed by atoms with E-state index in [0.717, 1.165) is 16.3 Å². The van der Waals surface area contributed by atoms with E-state index in [4.69, 9.17) is 58.6 Å². The Morgan fingerprint density at radius 2 is 1.60 bits per heavy atom. The van der Waals surface area contributed by atoms with Crippen LogP contribution in [0.25, 0.3) is 10.8 Å². The van der Waals surface area contributed by atoms with Gasteiger partial charge < -0.3 is 16.0 Å². The molecule has 156 valence electrons. The number of fused-ring (bicyclic) bond motifs is 1. The lowest BCUT2D eigenvalue weighted by atomic mass is 10.0. The minimum atomic E-state index is -1.83. The van der Waals surface area contributed by atoms with E-state index in [9.17, 15) is 4.79 Å². The number of carbonyl (C=O) groups excluding carboxylic acids is 1. The Morgan fingerprint density at radius 1 is 0.933 bits per heavy atom. The van der Waals surface area contributed by atoms with E-state index in [0.29, 0.717) is 10.7 Å². The highest BCUT2D eigenvalue weighted by Gasteiger charge is 2.34. The summed E-state index contributed by atoms with van der Waals surface area (Å²) < 4.78 is -1.83. The number of amides is 1. The molecule has 30 heavy (non-hydrogen) atoms. The Hall–Kier alpha value is -1.76. The van der Waals surface area contributed by atoms with E-state index in [1.165, 1.54) is 0 Å². The Balaban J connectivity index is 1.67. The van der Waals surface area contributed by atoms with Crippen LogP contribution in [0.3, 0.4) is 0 Å². The van der Waals surface area contributed by atoms with Crippen LogP contribution < -0.4 is 16.0 Å². The van der Waals surface area contributed by atoms with Gasteiger partial charge in [-0.05, 0) is 52.8 Å². The Kier molecular flexibility index (Phi) is 7.66. The number of rotatable bonds is 5. The summed E-state index contributed by atoms with van der Waals surface area (Å²) in [5.41, 5.74) is 1.57. The highest BCUT2D eigenvalue weighted by atomic mass is 35.6. The third kappa shape index (κ3) is 6.37. The monoisotopic (exact) mass is 499 g/mol. The lowest BCUT2D eigenvalue weighted by Crippen LogP contribution is -2.56. The maximum absolute atomic E-state index is 12.7. The summed E-state index contributed by atoms with van der Waals surface area (Å²) in [6, 6.07) is 20.5. The third-order valence-corrected chi connectivity index (χ3v) is 5.37. The molecule has 0 aliphatic rings. The molecule has 1 unspecified atom stereocenters. The van der Waals surface area contributed by atoms with Gasteiger partial charge in [-0.1, -0.05) is 88.9 Å². The molecule has 0 saturated carbocycles. The average Bonchev–Trinajstić information content (AvgIpc) is 2.69. The predicted octanol–water partition coefficient (Wildman–Crippen LogP) is 5.83. The van der Waals surface area contributed by atoms with E-state index in [1.807, 2.05) is 42.5 Å². The fourth-order valence-corrected chi connectivity index (χ4v) is 3.55. The topological polar surface area (TPSA) is 53.2 Å². The van der Waals surface area contributed by atoms with Gasteiger partial charge in [0.05, 0.1) is 6.42 Å². The molecule has 4 nitrogen and oxygen atoms in total. The molecule has 1 amide bonds. The number of thiocarbonyl (C=S) groups is 1. The second kappa shape index (κ2) is 10.0. The highest BCUT2D eigenvalue weighted by Crippen LogP contribution is 2.29. The van der Waals surface area contributed by atoms with Crippen molar-refractivity contribution < 1.29 is 4.79 Å². The fraction of sp³-hybridized carbons (Fsp3) is 0.143. The van der Waals surface area contributed by atoms with Gasteiger partial charge in [-0.3, -0.25) is 4.79 Å². The largest absolute Gasteiger partial charge is 0.339 e. The van der Waals surface area contributed by atoms with E-state index < -0.39 is 9.96 Å². The van der Waals surface area contributed by atoms with Crippen molar-refractivity contribution in [3.8, 4) is 0 Å². The lowest BCUT2D eigenvalue weighted by molar-refractivity contribution is -0.121. The molecule has 3 aromatic rings. The molecule has 0 radical (unpaired) electrons. The second-order valence-electron chi connectivity index (χ2n) is 6.46. The Labute approximate surface area is 199 Å². The molecule has 0 aliphatic carbocycles. The zero-order chi connectivity index (χ0) is 21.7. The summed E-state index contributed by atoms with van der Waals surface area (Å²) >= 11 is 29.3. The number of hydrogen-bond donors (Lipinski definition) is 3. The van der Waals surface area contributed by atoms with Gasteiger partial charge >= 0.3 is 0 Å². The molecule has 9 heteroatoms. The van der Waals surface area contributed by atoms with Crippen molar-refractivity contribution in [2.75, 3.05) is 5.32 Å². The van der Waals surface area contributed by atoms with E-state index in [-0.39, 0.29) is 17.4 Å². The Morgan fingerprint density at radius 3 is 2.30 bits per heavy atom. The first-order valence-corrected chi connectivity index (χ1v) is 10.8. The minimum Gasteiger partial charge on any atom is -0.339 e. The molecule has 0 spiro atoms. The van der Waals surface area contributed by atoms with Gasteiger partial charge in [0.15, 0.2) is 5.11 Å². The number of hydrogen-bond acceptors (Lipinski definition) is 2. The van der Waals surface area contributed by atoms with E-state index >= 15 is 0 Å². The number of benzene rings is 3. The molecule has 1 atom stereocenters. The maximum Gasteiger partial charge on any atom is 0.228 e. The molecule has 3 N–H and O–H groups in total. The Bertz CT molecular complexity index is 1050. The quantitative estimate of drug-likeness (QED) is 0.234. The van der Waals surface area contributed by atoms with Crippen molar-refractivity contribution >= 4 is 86.1 Å². The van der Waals surface area contributed by atoms with Crippen LogP contribution in [0.15, 0.2) is 66.7 Å². The summed E-state index contributed by atoms with van der Waals surface area (Å²) in [4.78, 5) is 12.7. The zero-order valence-electron chi connectivity index (χ0n) is 15.5. The first-order chi connectivity index (χ1) is 14.2. The average molecular weight is 501 g/mol. The van der Waals surface area contributed by atoms with Crippen LogP contribution in [-0.2, 0) is 11.2 Å². The van der Waals surface area contributed by atoms with Gasteiger partial charge in [-0.15, -0.1) is 0 Å². The van der Waals surface area contributed by atoms with Crippen LogP contribution in [0, 0.1) is 0 Å². The van der Waals surface area contributed by atoms with Gasteiger partial charge in [-0.2, -0.15) is 0 Å². The first-order valence-electron chi connectivity index (χ1n) is 8.88. The fourth-order valence-electron chi connectivity index (χ4n) is 2.86. The van der Waals surface area contributed by atoms with Crippen molar-refractivity contribution in [3.63, 3.8) is 0 Å². The van der Waals surface area contributed by atoms with Gasteiger partial charge in [0.1, 0.15) is 6.17 Å². The second-order valence-corrected chi connectivity index (χ2v) is 9.68. The first kappa shape index (κ1) is 22.9. The zero-order valence-corrected chi connectivity index (χ0v) is 19.3. The van der Waals surface area contributed by atoms with Crippen molar-refractivity contribution in [3.05, 3.63) is 77.3 Å². The van der Waals surface area contributed by atoms with Crippen LogP contribution >= 0.6 is 58.6 Å². The van der Waals surface area contributed by atoms with Gasteiger partial charge in [0, 0.05) is 10.7 Å². The van der Waals surface area contributed by atoms with Crippen LogP contribution in [0.4, 0.5) is 5.69 Å². The van der Waals surface area contributed by atoms with Crippen LogP contribution in [-0.4, -0.2) is 21.0 Å². The maximum atomic E-state index is 12.7. The van der Waals surface area contributed by atoms with Gasteiger partial charge in [0.25, 0.3) is 0 Å². The molecule has 3 rings (SSSR count). The summed E-state index contributed by atoms with van der Waals surface area (Å²) in [5, 5.41) is 11.3. The number of nitrogens with one attached hydrogen (secondary N) is 3. The third-order valence-electron chi connectivity index (χ3n) is 4.24. The van der Waals surface area contributed by atoms with Crippen LogP contribution in [0.2, 0.25) is 5.02 Å². The molecule has 0 fully saturated rings. The van der Waals surface area contributed by atoms with E-state index in [1.54, 1.807) is 24.3 Å². The molecular weight excluding hydrogens is 484 g/mol. The molecule has 0 bridgehead atoms. The molecule has 0 heterocycles. The SMILES string of the molecule is O=C(Cc1cccc2ccccc12)NC(NC(=S)Nc1ccc(Cl)cc1)C(Cl)(Cl)Cl. The summed E-state index contributed by atoms with van der Waals surface area (Å²) in [7, 11) is 0. The normalized spacial score (nSPS) is 12.3. The summed E-state index contributed by atoms with van der Waals surface area (Å²) in [6.45, 7) is 0.